The molecule has 0 unspecified atom stereocenters. The maximum atomic E-state index is 12.7. The number of carbonyl (C=O) groups is 1. The largest absolute Gasteiger partial charge is 0.377 e. The third-order valence-corrected chi connectivity index (χ3v) is 5.75. The number of para-hydroxylation sites is 1. The zero-order valence-corrected chi connectivity index (χ0v) is 13.3. The molecule has 22 heavy (non-hydrogen) atoms. The molecule has 4 atom stereocenters. The first-order valence-electron chi connectivity index (χ1n) is 8.33. The van der Waals surface area contributed by atoms with Gasteiger partial charge in [-0.05, 0) is 25.0 Å². The van der Waals surface area contributed by atoms with E-state index < -0.39 is 0 Å². The van der Waals surface area contributed by atoms with E-state index in [9.17, 15) is 4.79 Å². The second-order valence-electron chi connectivity index (χ2n) is 7.38. The van der Waals surface area contributed by atoms with E-state index in [0.29, 0.717) is 18.1 Å². The lowest BCUT2D eigenvalue weighted by molar-refractivity contribution is -0.127. The number of nitrogens with one attached hydrogen (secondary N) is 1. The van der Waals surface area contributed by atoms with E-state index >= 15 is 0 Å². The Balaban J connectivity index is 1.46. The Bertz CT molecular complexity index is 572. The van der Waals surface area contributed by atoms with Gasteiger partial charge in [-0.3, -0.25) is 4.79 Å². The first kappa shape index (κ1) is 14.2. The van der Waals surface area contributed by atoms with Crippen LogP contribution in [0.25, 0.3) is 0 Å². The summed E-state index contributed by atoms with van der Waals surface area (Å²) >= 11 is 0. The van der Waals surface area contributed by atoms with Gasteiger partial charge in [0.25, 0.3) is 0 Å². The minimum absolute atomic E-state index is 0.0500. The standard InChI is InChI=1S/C18H24N2O2/c1-18(2)15(13-9-11-22-16(13)18)19-14-8-10-20(17(14)21)12-6-4-3-5-7-12/h3-7,13-16,19H,8-11H2,1-2H3/t13-,14+,15+,16+/m0/s1. The van der Waals surface area contributed by atoms with Crippen molar-refractivity contribution in [3.05, 3.63) is 30.3 Å². The maximum absolute atomic E-state index is 12.7. The van der Waals surface area contributed by atoms with Gasteiger partial charge in [-0.15, -0.1) is 0 Å². The Labute approximate surface area is 131 Å². The smallest absolute Gasteiger partial charge is 0.244 e. The van der Waals surface area contributed by atoms with Crippen molar-refractivity contribution >= 4 is 11.6 Å². The number of nitrogens with zero attached hydrogens (tertiary/aromatic N) is 1. The highest BCUT2D eigenvalue weighted by Crippen LogP contribution is 2.52. The van der Waals surface area contributed by atoms with Crippen molar-refractivity contribution in [2.75, 3.05) is 18.1 Å². The Hall–Kier alpha value is -1.39. The molecule has 0 radical (unpaired) electrons. The van der Waals surface area contributed by atoms with E-state index in [4.69, 9.17) is 4.74 Å². The van der Waals surface area contributed by atoms with Crippen LogP contribution in [0, 0.1) is 11.3 Å². The van der Waals surface area contributed by atoms with Crippen molar-refractivity contribution in [1.82, 2.24) is 5.32 Å². The van der Waals surface area contributed by atoms with Gasteiger partial charge in [-0.25, -0.2) is 0 Å². The Kier molecular flexibility index (Phi) is 3.27. The van der Waals surface area contributed by atoms with Crippen LogP contribution in [0.15, 0.2) is 30.3 Å². The average Bonchev–Trinajstić information content (AvgIpc) is 3.11. The highest BCUT2D eigenvalue weighted by molar-refractivity contribution is 5.99. The summed E-state index contributed by atoms with van der Waals surface area (Å²) in [5, 5.41) is 3.66. The molecule has 1 aliphatic carbocycles. The molecular weight excluding hydrogens is 276 g/mol. The van der Waals surface area contributed by atoms with Gasteiger partial charge in [0.1, 0.15) is 0 Å². The van der Waals surface area contributed by atoms with Crippen molar-refractivity contribution in [3.8, 4) is 0 Å². The summed E-state index contributed by atoms with van der Waals surface area (Å²) < 4.78 is 5.84. The molecule has 1 N–H and O–H groups in total. The average molecular weight is 300 g/mol. The molecule has 0 spiro atoms. The van der Waals surface area contributed by atoms with Gasteiger partial charge in [0.2, 0.25) is 5.91 Å². The van der Waals surface area contributed by atoms with Gasteiger partial charge in [-0.1, -0.05) is 32.0 Å². The number of benzene rings is 1. The lowest BCUT2D eigenvalue weighted by atomic mass is 9.57. The summed E-state index contributed by atoms with van der Waals surface area (Å²) in [6, 6.07) is 10.3. The fourth-order valence-corrected chi connectivity index (χ4v) is 4.58. The van der Waals surface area contributed by atoms with Gasteiger partial charge < -0.3 is 15.0 Å². The minimum atomic E-state index is -0.0500. The van der Waals surface area contributed by atoms with Crippen LogP contribution in [0.3, 0.4) is 0 Å². The second-order valence-corrected chi connectivity index (χ2v) is 7.38. The van der Waals surface area contributed by atoms with Crippen LogP contribution >= 0.6 is 0 Å². The van der Waals surface area contributed by atoms with Crippen LogP contribution in [-0.2, 0) is 9.53 Å². The van der Waals surface area contributed by atoms with Crippen molar-refractivity contribution in [1.29, 1.82) is 0 Å². The van der Waals surface area contributed by atoms with Crippen LogP contribution in [-0.4, -0.2) is 37.2 Å². The van der Waals surface area contributed by atoms with Gasteiger partial charge >= 0.3 is 0 Å². The molecule has 3 fully saturated rings. The molecule has 1 amide bonds. The fourth-order valence-electron chi connectivity index (χ4n) is 4.58. The molecule has 4 nitrogen and oxygen atoms in total. The van der Waals surface area contributed by atoms with Gasteiger partial charge in [0.05, 0.1) is 12.1 Å². The van der Waals surface area contributed by atoms with E-state index in [1.54, 1.807) is 0 Å². The zero-order chi connectivity index (χ0) is 15.3. The van der Waals surface area contributed by atoms with Gasteiger partial charge in [0.15, 0.2) is 0 Å². The van der Waals surface area contributed by atoms with Crippen LogP contribution in [0.1, 0.15) is 26.7 Å². The van der Waals surface area contributed by atoms with E-state index in [-0.39, 0.29) is 17.4 Å². The van der Waals surface area contributed by atoms with Crippen molar-refractivity contribution in [2.24, 2.45) is 11.3 Å². The fraction of sp³-hybridized carbons (Fsp3) is 0.611. The number of carbonyl (C=O) groups excluding carboxylic acids is 1. The Morgan fingerprint density at radius 2 is 2.00 bits per heavy atom. The molecular formula is C18H24N2O2. The minimum Gasteiger partial charge on any atom is -0.377 e. The number of hydrogen-bond donors (Lipinski definition) is 1. The quantitative estimate of drug-likeness (QED) is 0.930. The molecule has 4 heteroatoms. The van der Waals surface area contributed by atoms with Crippen LogP contribution in [0.5, 0.6) is 0 Å². The monoisotopic (exact) mass is 300 g/mol. The van der Waals surface area contributed by atoms with E-state index in [1.165, 1.54) is 0 Å². The summed E-state index contributed by atoms with van der Waals surface area (Å²) in [5.74, 6) is 0.790. The predicted molar refractivity (Wildman–Crippen MR) is 85.8 cm³/mol. The maximum Gasteiger partial charge on any atom is 0.244 e. The molecule has 2 saturated heterocycles. The Morgan fingerprint density at radius 1 is 1.23 bits per heavy atom. The molecule has 2 aliphatic heterocycles. The van der Waals surface area contributed by atoms with Crippen molar-refractivity contribution < 1.29 is 9.53 Å². The van der Waals surface area contributed by atoms with Crippen molar-refractivity contribution in [3.63, 3.8) is 0 Å². The van der Waals surface area contributed by atoms with Gasteiger partial charge in [-0.2, -0.15) is 0 Å². The SMILES string of the molecule is CC1(C)[C@H](N[C@@H]2CCN(c3ccccc3)C2=O)[C@@H]2CCO[C@H]21. The molecule has 1 saturated carbocycles. The molecule has 1 aromatic rings. The summed E-state index contributed by atoms with van der Waals surface area (Å²) in [5.41, 5.74) is 1.13. The van der Waals surface area contributed by atoms with Crippen molar-refractivity contribution in [2.45, 2.75) is 44.9 Å². The first-order chi connectivity index (χ1) is 10.6. The van der Waals surface area contributed by atoms with Crippen LogP contribution < -0.4 is 10.2 Å². The van der Waals surface area contributed by atoms with Crippen LogP contribution in [0.4, 0.5) is 5.69 Å². The number of amides is 1. The number of hydrogen-bond acceptors (Lipinski definition) is 3. The summed E-state index contributed by atoms with van der Waals surface area (Å²) in [4.78, 5) is 14.6. The lowest BCUT2D eigenvalue weighted by Gasteiger charge is -2.55. The number of rotatable bonds is 3. The Morgan fingerprint density at radius 3 is 2.77 bits per heavy atom. The molecule has 2 heterocycles. The molecule has 4 rings (SSSR count). The highest BCUT2D eigenvalue weighted by Gasteiger charge is 2.60. The lowest BCUT2D eigenvalue weighted by Crippen LogP contribution is -2.68. The van der Waals surface area contributed by atoms with E-state index in [1.807, 2.05) is 35.2 Å². The molecule has 0 aromatic heterocycles. The first-order valence-corrected chi connectivity index (χ1v) is 8.33. The van der Waals surface area contributed by atoms with E-state index in [0.717, 1.165) is 31.7 Å². The predicted octanol–water partition coefficient (Wildman–Crippen LogP) is 2.19. The summed E-state index contributed by atoms with van der Waals surface area (Å²) in [7, 11) is 0. The molecule has 1 aromatic carbocycles. The normalized spacial score (nSPS) is 36.3. The van der Waals surface area contributed by atoms with Gasteiger partial charge in [0, 0.05) is 36.2 Å². The topological polar surface area (TPSA) is 41.6 Å². The number of anilines is 1. The molecule has 3 aliphatic rings. The van der Waals surface area contributed by atoms with Crippen LogP contribution in [0.2, 0.25) is 0 Å². The summed E-state index contributed by atoms with van der Waals surface area (Å²) in [6.07, 6.45) is 2.37. The van der Waals surface area contributed by atoms with E-state index in [2.05, 4.69) is 19.2 Å². The number of fused-ring (bicyclic) bond motifs is 1. The number of ether oxygens (including phenoxy) is 1. The highest BCUT2D eigenvalue weighted by atomic mass is 16.5. The third kappa shape index (κ3) is 2.01. The zero-order valence-electron chi connectivity index (χ0n) is 13.3. The second kappa shape index (κ2) is 5.07. The molecule has 0 bridgehead atoms. The summed E-state index contributed by atoms with van der Waals surface area (Å²) in [6.45, 7) is 6.18. The third-order valence-electron chi connectivity index (χ3n) is 5.75. The molecule has 118 valence electrons.